The van der Waals surface area contributed by atoms with Gasteiger partial charge < -0.3 is 5.11 Å². The first-order valence-corrected chi connectivity index (χ1v) is 4.32. The van der Waals surface area contributed by atoms with E-state index in [-0.39, 0.29) is 0 Å². The Morgan fingerprint density at radius 3 is 1.80 bits per heavy atom. The summed E-state index contributed by atoms with van der Waals surface area (Å²) in [4.78, 5) is 0. The van der Waals surface area contributed by atoms with Gasteiger partial charge in [0.2, 0.25) is 0 Å². The van der Waals surface area contributed by atoms with Gasteiger partial charge in [-0.2, -0.15) is 0 Å². The van der Waals surface area contributed by atoms with Crippen LogP contribution in [-0.2, 0) is 0 Å². The number of allylic oxidation sites excluding steroid dienone is 2. The first kappa shape index (κ1) is 8.07. The highest BCUT2D eigenvalue weighted by Crippen LogP contribution is 2.42. The topological polar surface area (TPSA) is 20.2 Å². The van der Waals surface area contributed by atoms with Crippen molar-refractivity contribution in [3.63, 3.8) is 0 Å². The smallest absolute Gasteiger partial charge is 0.0987 e. The molecule has 1 nitrogen and oxygen atoms in total. The molecule has 0 radical (unpaired) electrons. The van der Waals surface area contributed by atoms with Crippen molar-refractivity contribution in [2.45, 2.75) is 20.8 Å². The predicted octanol–water partition coefficient (Wildman–Crippen LogP) is 2.55. The third kappa shape index (κ3) is 0.971. The number of hydrogen-bond acceptors (Lipinski definition) is 1. The Kier molecular flexibility index (Phi) is 2.05. The maximum Gasteiger partial charge on any atom is 0.0987 e. The molecular formula is C8H15OP. The van der Waals surface area contributed by atoms with Gasteiger partial charge in [0.05, 0.1) is 5.76 Å². The molecule has 1 aliphatic carbocycles. The van der Waals surface area contributed by atoms with Gasteiger partial charge in [0.25, 0.3) is 0 Å². The fourth-order valence-electron chi connectivity index (χ4n) is 1.46. The average Bonchev–Trinajstić information content (AvgIpc) is 2.07. The van der Waals surface area contributed by atoms with E-state index in [9.17, 15) is 5.11 Å². The summed E-state index contributed by atoms with van der Waals surface area (Å²) in [5.41, 5.74) is 0. The Hall–Kier alpha value is -0.0300. The van der Waals surface area contributed by atoms with Crippen molar-refractivity contribution in [3.8, 4) is 0 Å². The van der Waals surface area contributed by atoms with Crippen molar-refractivity contribution in [2.24, 2.45) is 17.8 Å². The zero-order valence-electron chi connectivity index (χ0n) is 6.76. The molecule has 0 amide bonds. The van der Waals surface area contributed by atoms with E-state index in [1.54, 1.807) is 0 Å². The van der Waals surface area contributed by atoms with Gasteiger partial charge in [-0.05, 0) is 17.2 Å². The molecule has 0 bridgehead atoms. The van der Waals surface area contributed by atoms with Gasteiger partial charge in [-0.25, -0.2) is 0 Å². The van der Waals surface area contributed by atoms with Gasteiger partial charge in [-0.1, -0.05) is 20.8 Å². The second kappa shape index (κ2) is 2.54. The van der Waals surface area contributed by atoms with Crippen LogP contribution in [0.15, 0.2) is 11.1 Å². The normalized spacial score (nSPS) is 41.0. The fourth-order valence-corrected chi connectivity index (χ4v) is 2.03. The second-order valence-electron chi connectivity index (χ2n) is 3.28. The molecule has 0 aromatic rings. The van der Waals surface area contributed by atoms with E-state index in [2.05, 4.69) is 30.0 Å². The van der Waals surface area contributed by atoms with Crippen LogP contribution < -0.4 is 0 Å². The summed E-state index contributed by atoms with van der Waals surface area (Å²) in [6.07, 6.45) is 0. The van der Waals surface area contributed by atoms with Crippen LogP contribution >= 0.6 is 9.24 Å². The Bertz CT molecular complexity index is 156. The summed E-state index contributed by atoms with van der Waals surface area (Å²) in [6.45, 7) is 6.42. The van der Waals surface area contributed by atoms with Gasteiger partial charge in [-0.15, -0.1) is 9.24 Å². The number of rotatable bonds is 0. The van der Waals surface area contributed by atoms with Gasteiger partial charge in [-0.3, -0.25) is 0 Å². The van der Waals surface area contributed by atoms with Crippen molar-refractivity contribution in [1.29, 1.82) is 0 Å². The molecule has 1 aliphatic rings. The third-order valence-corrected chi connectivity index (χ3v) is 3.62. The Balaban J connectivity index is 2.88. The first-order chi connectivity index (χ1) is 4.55. The molecule has 0 aromatic carbocycles. The molecule has 4 unspecified atom stereocenters. The molecule has 0 spiro atoms. The molecule has 1 rings (SSSR count). The van der Waals surface area contributed by atoms with E-state index in [1.807, 2.05) is 0 Å². The minimum absolute atomic E-state index is 0.350. The molecule has 0 saturated carbocycles. The standard InChI is InChI=1S/C8H15OP/c1-4-5(2)7(9)8(10)6(4)3/h4-6,9H,10H2,1-3H3. The largest absolute Gasteiger partial charge is 0.512 e. The van der Waals surface area contributed by atoms with Crippen molar-refractivity contribution in [1.82, 2.24) is 0 Å². The van der Waals surface area contributed by atoms with Crippen molar-refractivity contribution in [2.75, 3.05) is 0 Å². The molecular weight excluding hydrogens is 143 g/mol. The Morgan fingerprint density at radius 2 is 1.70 bits per heavy atom. The highest BCUT2D eigenvalue weighted by Gasteiger charge is 2.32. The van der Waals surface area contributed by atoms with Gasteiger partial charge >= 0.3 is 0 Å². The van der Waals surface area contributed by atoms with Crippen molar-refractivity contribution in [3.05, 3.63) is 11.1 Å². The molecule has 0 aliphatic heterocycles. The van der Waals surface area contributed by atoms with E-state index in [1.165, 1.54) is 0 Å². The molecule has 0 aromatic heterocycles. The summed E-state index contributed by atoms with van der Waals surface area (Å²) >= 11 is 0. The minimum Gasteiger partial charge on any atom is -0.512 e. The monoisotopic (exact) mass is 158 g/mol. The van der Waals surface area contributed by atoms with Crippen molar-refractivity contribution < 1.29 is 5.11 Å². The lowest BCUT2D eigenvalue weighted by Crippen LogP contribution is -2.08. The summed E-state index contributed by atoms with van der Waals surface area (Å²) in [6, 6.07) is 0. The molecule has 10 heavy (non-hydrogen) atoms. The zero-order chi connectivity index (χ0) is 7.89. The molecule has 1 N–H and O–H groups in total. The van der Waals surface area contributed by atoms with Crippen LogP contribution in [0.25, 0.3) is 0 Å². The van der Waals surface area contributed by atoms with Crippen LogP contribution in [0.4, 0.5) is 0 Å². The van der Waals surface area contributed by atoms with Crippen LogP contribution in [-0.4, -0.2) is 5.11 Å². The number of aliphatic hydroxyl groups excluding tert-OH is 1. The Labute approximate surface area is 64.7 Å². The maximum absolute atomic E-state index is 9.47. The molecule has 2 heteroatoms. The Morgan fingerprint density at radius 1 is 1.20 bits per heavy atom. The van der Waals surface area contributed by atoms with E-state index < -0.39 is 0 Å². The van der Waals surface area contributed by atoms with E-state index in [0.29, 0.717) is 23.5 Å². The third-order valence-electron chi connectivity index (χ3n) is 2.79. The summed E-state index contributed by atoms with van der Waals surface area (Å²) in [5.74, 6) is 2.06. The van der Waals surface area contributed by atoms with Crippen LogP contribution in [0.2, 0.25) is 0 Å². The highest BCUT2D eigenvalue weighted by molar-refractivity contribution is 7.22. The number of hydrogen-bond donors (Lipinski definition) is 1. The van der Waals surface area contributed by atoms with Gasteiger partial charge in [0.1, 0.15) is 0 Å². The fraction of sp³-hybridized carbons (Fsp3) is 0.750. The van der Waals surface area contributed by atoms with Crippen LogP contribution in [0.5, 0.6) is 0 Å². The van der Waals surface area contributed by atoms with E-state index >= 15 is 0 Å². The van der Waals surface area contributed by atoms with Crippen molar-refractivity contribution >= 4 is 9.24 Å². The predicted molar refractivity (Wildman–Crippen MR) is 46.9 cm³/mol. The molecule has 0 fully saturated rings. The first-order valence-electron chi connectivity index (χ1n) is 3.74. The molecule has 4 atom stereocenters. The van der Waals surface area contributed by atoms with Gasteiger partial charge in [0.15, 0.2) is 0 Å². The lowest BCUT2D eigenvalue weighted by atomic mass is 9.92. The SMILES string of the molecule is CC1C(O)=C(P)C(C)C1C. The van der Waals surface area contributed by atoms with E-state index in [4.69, 9.17) is 0 Å². The summed E-state index contributed by atoms with van der Waals surface area (Å²) in [5, 5.41) is 10.6. The zero-order valence-corrected chi connectivity index (χ0v) is 7.91. The van der Waals surface area contributed by atoms with Gasteiger partial charge in [0, 0.05) is 5.92 Å². The van der Waals surface area contributed by atoms with Crippen LogP contribution in [0.1, 0.15) is 20.8 Å². The minimum atomic E-state index is 0.350. The molecule has 58 valence electrons. The molecule has 0 heterocycles. The average molecular weight is 158 g/mol. The number of aliphatic hydroxyl groups is 1. The van der Waals surface area contributed by atoms with E-state index in [0.717, 1.165) is 5.31 Å². The van der Waals surface area contributed by atoms with Crippen LogP contribution in [0.3, 0.4) is 0 Å². The summed E-state index contributed by atoms with van der Waals surface area (Å²) in [7, 11) is 2.63. The quantitative estimate of drug-likeness (QED) is 0.537. The second-order valence-corrected chi connectivity index (χ2v) is 3.90. The maximum atomic E-state index is 9.47. The lowest BCUT2D eigenvalue weighted by molar-refractivity contribution is 0.299. The lowest BCUT2D eigenvalue weighted by Gasteiger charge is -2.14. The molecule has 0 saturated heterocycles. The highest BCUT2D eigenvalue weighted by atomic mass is 31.0. The summed E-state index contributed by atoms with van der Waals surface area (Å²) < 4.78 is 0. The van der Waals surface area contributed by atoms with Crippen LogP contribution in [0, 0.1) is 17.8 Å².